The second-order valence-electron chi connectivity index (χ2n) is 7.22. The highest BCUT2D eigenvalue weighted by molar-refractivity contribution is 5.85. The van der Waals surface area contributed by atoms with Crippen molar-refractivity contribution in [3.8, 4) is 0 Å². The summed E-state index contributed by atoms with van der Waals surface area (Å²) in [5.41, 5.74) is -1.33. The third-order valence-electron chi connectivity index (χ3n) is 2.87. The molecule has 2 unspecified atom stereocenters. The van der Waals surface area contributed by atoms with E-state index in [0.29, 0.717) is 19.1 Å². The Kier molecular flexibility index (Phi) is 5.02. The molecule has 1 heterocycles. The number of nitrogens with zero attached hydrogens (tertiary/aromatic N) is 1. The number of carbonyl (C=O) groups excluding carboxylic acids is 3. The second kappa shape index (κ2) is 6.03. The Morgan fingerprint density at radius 1 is 1.00 bits per heavy atom. The molecular weight excluding hydrogens is 274 g/mol. The van der Waals surface area contributed by atoms with Crippen molar-refractivity contribution in [2.24, 2.45) is 0 Å². The van der Waals surface area contributed by atoms with Gasteiger partial charge in [-0.3, -0.25) is 4.90 Å². The summed E-state index contributed by atoms with van der Waals surface area (Å²) < 4.78 is 10.6. The summed E-state index contributed by atoms with van der Waals surface area (Å²) in [7, 11) is 0. The fourth-order valence-corrected chi connectivity index (χ4v) is 2.15. The molecule has 1 rings (SSSR count). The molecule has 0 aromatic carbocycles. The molecule has 21 heavy (non-hydrogen) atoms. The van der Waals surface area contributed by atoms with Gasteiger partial charge in [0.1, 0.15) is 23.5 Å². The number of aldehydes is 1. The van der Waals surface area contributed by atoms with Crippen LogP contribution in [0.15, 0.2) is 0 Å². The molecule has 1 saturated heterocycles. The normalized spacial score (nSPS) is 22.9. The van der Waals surface area contributed by atoms with Crippen molar-refractivity contribution in [1.29, 1.82) is 0 Å². The molecule has 1 aliphatic rings. The van der Waals surface area contributed by atoms with Gasteiger partial charge in [0.2, 0.25) is 0 Å². The smallest absolute Gasteiger partial charge is 0.411 e. The van der Waals surface area contributed by atoms with Gasteiger partial charge in [0.25, 0.3) is 0 Å². The summed E-state index contributed by atoms with van der Waals surface area (Å²) in [6.45, 7) is 10.5. The largest absolute Gasteiger partial charge is 0.458 e. The lowest BCUT2D eigenvalue weighted by molar-refractivity contribution is -0.160. The van der Waals surface area contributed by atoms with E-state index in [2.05, 4.69) is 0 Å². The predicted octanol–water partition coefficient (Wildman–Crippen LogP) is 2.30. The molecule has 6 nitrogen and oxygen atoms in total. The van der Waals surface area contributed by atoms with Crippen LogP contribution >= 0.6 is 0 Å². The van der Waals surface area contributed by atoms with Gasteiger partial charge in [-0.1, -0.05) is 0 Å². The van der Waals surface area contributed by atoms with Crippen LogP contribution in [0.1, 0.15) is 54.4 Å². The van der Waals surface area contributed by atoms with Crippen LogP contribution in [-0.4, -0.2) is 46.5 Å². The molecule has 0 N–H and O–H groups in total. The number of hydrogen-bond donors (Lipinski definition) is 0. The molecule has 2 atom stereocenters. The van der Waals surface area contributed by atoms with Crippen molar-refractivity contribution in [2.75, 3.05) is 0 Å². The zero-order chi connectivity index (χ0) is 16.4. The molecule has 1 fully saturated rings. The van der Waals surface area contributed by atoms with E-state index in [1.807, 2.05) is 0 Å². The first kappa shape index (κ1) is 17.5. The monoisotopic (exact) mass is 299 g/mol. The van der Waals surface area contributed by atoms with Crippen molar-refractivity contribution in [2.45, 2.75) is 77.7 Å². The first-order valence-corrected chi connectivity index (χ1v) is 7.14. The number of likely N-dealkylation sites (tertiary alicyclic amines) is 1. The predicted molar refractivity (Wildman–Crippen MR) is 76.8 cm³/mol. The summed E-state index contributed by atoms with van der Waals surface area (Å²) in [6.07, 6.45) is 0.853. The average molecular weight is 299 g/mol. The Labute approximate surface area is 125 Å². The third kappa shape index (κ3) is 5.02. The quantitative estimate of drug-likeness (QED) is 0.578. The summed E-state index contributed by atoms with van der Waals surface area (Å²) in [6, 6.07) is -1.41. The van der Waals surface area contributed by atoms with Crippen LogP contribution in [0.3, 0.4) is 0 Å². The SMILES string of the molecule is CC(C)(C)OC(=O)C1CCC(C=O)N1C(=O)OC(C)(C)C. The van der Waals surface area contributed by atoms with Gasteiger partial charge >= 0.3 is 12.1 Å². The molecule has 0 radical (unpaired) electrons. The van der Waals surface area contributed by atoms with Gasteiger partial charge in [-0.25, -0.2) is 9.59 Å². The maximum absolute atomic E-state index is 12.2. The first-order valence-electron chi connectivity index (χ1n) is 7.14. The van der Waals surface area contributed by atoms with Gasteiger partial charge < -0.3 is 14.3 Å². The van der Waals surface area contributed by atoms with Gasteiger partial charge in [-0.05, 0) is 54.4 Å². The third-order valence-corrected chi connectivity index (χ3v) is 2.87. The summed E-state index contributed by atoms with van der Waals surface area (Å²) in [4.78, 5) is 36.8. The standard InChI is InChI=1S/C15H25NO5/c1-14(2,3)20-12(18)11-8-7-10(9-17)16(11)13(19)21-15(4,5)6/h9-11H,7-8H2,1-6H3. The molecule has 1 amide bonds. The summed E-state index contributed by atoms with van der Waals surface area (Å²) in [5, 5.41) is 0. The fraction of sp³-hybridized carbons (Fsp3) is 0.800. The Hall–Kier alpha value is -1.59. The van der Waals surface area contributed by atoms with Crippen LogP contribution in [0.4, 0.5) is 4.79 Å². The van der Waals surface area contributed by atoms with E-state index in [-0.39, 0.29) is 0 Å². The highest BCUT2D eigenvalue weighted by Crippen LogP contribution is 2.27. The Bertz CT molecular complexity index is 419. The number of hydrogen-bond acceptors (Lipinski definition) is 5. The molecule has 0 spiro atoms. The van der Waals surface area contributed by atoms with E-state index < -0.39 is 35.3 Å². The van der Waals surface area contributed by atoms with Crippen LogP contribution in [0.2, 0.25) is 0 Å². The van der Waals surface area contributed by atoms with E-state index in [1.54, 1.807) is 41.5 Å². The molecule has 6 heteroatoms. The molecule has 0 aromatic heterocycles. The van der Waals surface area contributed by atoms with E-state index in [1.165, 1.54) is 4.90 Å². The minimum atomic E-state index is -0.769. The van der Waals surface area contributed by atoms with Crippen LogP contribution in [0.5, 0.6) is 0 Å². The Morgan fingerprint density at radius 3 is 1.95 bits per heavy atom. The topological polar surface area (TPSA) is 72.9 Å². The molecule has 0 aliphatic carbocycles. The number of rotatable bonds is 2. The Morgan fingerprint density at radius 2 is 1.52 bits per heavy atom. The van der Waals surface area contributed by atoms with Gasteiger partial charge in [0.05, 0.1) is 6.04 Å². The van der Waals surface area contributed by atoms with Crippen LogP contribution in [0.25, 0.3) is 0 Å². The lowest BCUT2D eigenvalue weighted by Gasteiger charge is -2.31. The van der Waals surface area contributed by atoms with Crippen molar-refractivity contribution in [1.82, 2.24) is 4.90 Å². The van der Waals surface area contributed by atoms with Crippen LogP contribution < -0.4 is 0 Å². The molecule has 1 aliphatic heterocycles. The lowest BCUT2D eigenvalue weighted by atomic mass is 10.1. The van der Waals surface area contributed by atoms with E-state index in [0.717, 1.165) is 0 Å². The van der Waals surface area contributed by atoms with E-state index in [4.69, 9.17) is 9.47 Å². The zero-order valence-electron chi connectivity index (χ0n) is 13.6. The van der Waals surface area contributed by atoms with Gasteiger partial charge in [-0.2, -0.15) is 0 Å². The fourth-order valence-electron chi connectivity index (χ4n) is 2.15. The zero-order valence-corrected chi connectivity index (χ0v) is 13.6. The van der Waals surface area contributed by atoms with Gasteiger partial charge in [0.15, 0.2) is 0 Å². The molecule has 0 aromatic rings. The van der Waals surface area contributed by atoms with Gasteiger partial charge in [0, 0.05) is 0 Å². The van der Waals surface area contributed by atoms with E-state index >= 15 is 0 Å². The van der Waals surface area contributed by atoms with Crippen molar-refractivity contribution >= 4 is 18.3 Å². The highest BCUT2D eigenvalue weighted by atomic mass is 16.6. The number of carbonyl (C=O) groups is 3. The van der Waals surface area contributed by atoms with Gasteiger partial charge in [-0.15, -0.1) is 0 Å². The minimum Gasteiger partial charge on any atom is -0.458 e. The van der Waals surface area contributed by atoms with Crippen molar-refractivity contribution < 1.29 is 23.9 Å². The average Bonchev–Trinajstić information content (AvgIpc) is 2.67. The maximum Gasteiger partial charge on any atom is 0.411 e. The lowest BCUT2D eigenvalue weighted by Crippen LogP contribution is -2.49. The summed E-state index contributed by atoms with van der Waals surface area (Å²) in [5.74, 6) is -0.502. The number of ether oxygens (including phenoxy) is 2. The molecule has 0 saturated carbocycles. The van der Waals surface area contributed by atoms with Crippen LogP contribution in [0, 0.1) is 0 Å². The summed E-state index contributed by atoms with van der Waals surface area (Å²) >= 11 is 0. The highest BCUT2D eigenvalue weighted by Gasteiger charge is 2.44. The van der Waals surface area contributed by atoms with E-state index in [9.17, 15) is 14.4 Å². The van der Waals surface area contributed by atoms with Crippen molar-refractivity contribution in [3.05, 3.63) is 0 Å². The van der Waals surface area contributed by atoms with Crippen molar-refractivity contribution in [3.63, 3.8) is 0 Å². The number of esters is 1. The van der Waals surface area contributed by atoms with Crippen LogP contribution in [-0.2, 0) is 19.1 Å². The number of amides is 1. The molecule has 0 bridgehead atoms. The Balaban J connectivity index is 2.90. The minimum absolute atomic E-state index is 0.400. The molecule has 120 valence electrons. The molecular formula is C15H25NO5. The second-order valence-corrected chi connectivity index (χ2v) is 7.22. The maximum atomic E-state index is 12.2. The first-order chi connectivity index (χ1) is 9.44.